The van der Waals surface area contributed by atoms with Gasteiger partial charge in [-0.05, 0) is 62.9 Å². The van der Waals surface area contributed by atoms with Crippen molar-refractivity contribution in [3.8, 4) is 22.6 Å². The lowest BCUT2D eigenvalue weighted by molar-refractivity contribution is 0.420. The van der Waals surface area contributed by atoms with Crippen LogP contribution in [-0.2, 0) is 0 Å². The first-order chi connectivity index (χ1) is 13.2. The molecule has 2 aliphatic rings. The molecule has 1 N–H and O–H groups in total. The molecule has 0 fully saturated rings. The first-order valence-corrected chi connectivity index (χ1v) is 9.04. The predicted octanol–water partition coefficient (Wildman–Crippen LogP) is 6.34. The van der Waals surface area contributed by atoms with E-state index in [0.717, 1.165) is 49.7 Å². The Morgan fingerprint density at radius 2 is 1.41 bits per heavy atom. The van der Waals surface area contributed by atoms with Crippen molar-refractivity contribution < 1.29 is 9.84 Å². The number of methoxy groups -OCH3 is 1. The monoisotopic (exact) mass is 348 g/mol. The molecule has 0 heterocycles. The summed E-state index contributed by atoms with van der Waals surface area (Å²) in [6.07, 6.45) is 8.50. The Kier molecular flexibility index (Phi) is 2.72. The van der Waals surface area contributed by atoms with E-state index in [1.807, 2.05) is 18.2 Å². The fraction of sp³-hybridized carbons (Fsp3) is 0.0400. The number of aromatic hydroxyl groups is 1. The standard InChI is InChI=1S/C25H16O2/c1-27-22-10-9-15-6-7-16-11-18(13-21(22)24(15)16)20-12-17-8-5-14-3-2-4-19(23(14)17)25(20)26/h2-13,26H,1H3. The number of phenols is 1. The first kappa shape index (κ1) is 14.6. The smallest absolute Gasteiger partial charge is 0.131 e. The molecule has 0 saturated carbocycles. The van der Waals surface area contributed by atoms with Crippen LogP contribution >= 0.6 is 0 Å². The molecule has 2 aliphatic carbocycles. The Hall–Kier alpha value is -3.52. The minimum atomic E-state index is 0.336. The lowest BCUT2D eigenvalue weighted by Gasteiger charge is -2.14. The van der Waals surface area contributed by atoms with E-state index in [9.17, 15) is 5.11 Å². The molecular weight excluding hydrogens is 332 g/mol. The van der Waals surface area contributed by atoms with Crippen LogP contribution in [0.25, 0.3) is 57.0 Å². The summed E-state index contributed by atoms with van der Waals surface area (Å²) in [6, 6.07) is 16.6. The van der Waals surface area contributed by atoms with Crippen LogP contribution in [0.3, 0.4) is 0 Å². The second-order valence-corrected chi connectivity index (χ2v) is 7.14. The van der Waals surface area contributed by atoms with Gasteiger partial charge in [0, 0.05) is 16.3 Å². The van der Waals surface area contributed by atoms with Crippen LogP contribution in [0, 0.1) is 0 Å². The molecule has 0 atom stereocenters. The maximum atomic E-state index is 11.1. The van der Waals surface area contributed by atoms with Gasteiger partial charge in [0.25, 0.3) is 0 Å². The van der Waals surface area contributed by atoms with Gasteiger partial charge in [-0.15, -0.1) is 0 Å². The zero-order valence-corrected chi connectivity index (χ0v) is 14.8. The van der Waals surface area contributed by atoms with Gasteiger partial charge < -0.3 is 9.84 Å². The van der Waals surface area contributed by atoms with Crippen molar-refractivity contribution in [3.05, 3.63) is 70.8 Å². The van der Waals surface area contributed by atoms with Gasteiger partial charge in [-0.1, -0.05) is 48.6 Å². The molecule has 6 rings (SSSR count). The molecule has 0 spiro atoms. The second kappa shape index (κ2) is 5.01. The average Bonchev–Trinajstić information content (AvgIpc) is 3.31. The number of ether oxygens (including phenoxy) is 1. The van der Waals surface area contributed by atoms with E-state index in [0.29, 0.717) is 5.75 Å². The maximum absolute atomic E-state index is 11.1. The van der Waals surface area contributed by atoms with Gasteiger partial charge in [-0.3, -0.25) is 0 Å². The van der Waals surface area contributed by atoms with Gasteiger partial charge in [0.15, 0.2) is 0 Å². The quantitative estimate of drug-likeness (QED) is 0.395. The Balaban J connectivity index is 1.70. The molecule has 4 aromatic carbocycles. The highest BCUT2D eigenvalue weighted by Gasteiger charge is 2.19. The van der Waals surface area contributed by atoms with E-state index in [-0.39, 0.29) is 0 Å². The van der Waals surface area contributed by atoms with Crippen molar-refractivity contribution in [1.29, 1.82) is 0 Å². The lowest BCUT2D eigenvalue weighted by Crippen LogP contribution is -1.90. The van der Waals surface area contributed by atoms with Crippen molar-refractivity contribution in [2.75, 3.05) is 7.11 Å². The van der Waals surface area contributed by atoms with Crippen LogP contribution in [0.2, 0.25) is 0 Å². The second-order valence-electron chi connectivity index (χ2n) is 7.14. The summed E-state index contributed by atoms with van der Waals surface area (Å²) in [6.45, 7) is 0. The van der Waals surface area contributed by atoms with Gasteiger partial charge in [-0.2, -0.15) is 0 Å². The molecule has 4 aromatic rings. The van der Waals surface area contributed by atoms with Gasteiger partial charge in [0.05, 0.1) is 7.11 Å². The molecule has 0 radical (unpaired) electrons. The van der Waals surface area contributed by atoms with Crippen molar-refractivity contribution in [3.63, 3.8) is 0 Å². The maximum Gasteiger partial charge on any atom is 0.131 e. The molecule has 2 nitrogen and oxygen atoms in total. The zero-order chi connectivity index (χ0) is 18.1. The number of benzene rings is 4. The number of phenolic OH excluding ortho intramolecular Hbond substituents is 1. The molecule has 128 valence electrons. The molecule has 2 heteroatoms. The molecule has 0 amide bonds. The summed E-state index contributed by atoms with van der Waals surface area (Å²) in [4.78, 5) is 0. The van der Waals surface area contributed by atoms with Crippen molar-refractivity contribution in [2.24, 2.45) is 0 Å². The van der Waals surface area contributed by atoms with E-state index < -0.39 is 0 Å². The van der Waals surface area contributed by atoms with Crippen LogP contribution in [0.15, 0.2) is 48.5 Å². The molecule has 27 heavy (non-hydrogen) atoms. The Labute approximate surface area is 156 Å². The molecule has 0 unspecified atom stereocenters. The van der Waals surface area contributed by atoms with E-state index in [2.05, 4.69) is 54.6 Å². The van der Waals surface area contributed by atoms with Crippen molar-refractivity contribution >= 4 is 45.8 Å². The fourth-order valence-electron chi connectivity index (χ4n) is 4.50. The van der Waals surface area contributed by atoms with Crippen molar-refractivity contribution in [2.45, 2.75) is 0 Å². The van der Waals surface area contributed by atoms with E-state index in [1.54, 1.807) is 7.11 Å². The number of hydrogen-bond donors (Lipinski definition) is 1. The summed E-state index contributed by atoms with van der Waals surface area (Å²) < 4.78 is 5.61. The summed E-state index contributed by atoms with van der Waals surface area (Å²) in [7, 11) is 1.70. The normalized spacial score (nSPS) is 13.2. The lowest BCUT2D eigenvalue weighted by atomic mass is 9.92. The summed E-state index contributed by atoms with van der Waals surface area (Å²) in [5, 5.41) is 15.4. The van der Waals surface area contributed by atoms with E-state index >= 15 is 0 Å². The summed E-state index contributed by atoms with van der Waals surface area (Å²) >= 11 is 0. The third-order valence-electron chi connectivity index (χ3n) is 5.75. The third-order valence-corrected chi connectivity index (χ3v) is 5.75. The van der Waals surface area contributed by atoms with E-state index in [1.165, 1.54) is 10.9 Å². The SMILES string of the molecule is COc1ccc2c3c(cc(-c4cc5c6c(cccc6c4O)C=C5)cc13)C=C2. The van der Waals surface area contributed by atoms with Gasteiger partial charge in [0.2, 0.25) is 0 Å². The highest BCUT2D eigenvalue weighted by atomic mass is 16.5. The Morgan fingerprint density at radius 3 is 2.22 bits per heavy atom. The van der Waals surface area contributed by atoms with Crippen molar-refractivity contribution in [1.82, 2.24) is 0 Å². The van der Waals surface area contributed by atoms with Crippen LogP contribution in [-0.4, -0.2) is 12.2 Å². The predicted molar refractivity (Wildman–Crippen MR) is 113 cm³/mol. The fourth-order valence-corrected chi connectivity index (χ4v) is 4.50. The minimum absolute atomic E-state index is 0.336. The third kappa shape index (κ3) is 1.85. The molecular formula is C25H16O2. The molecule has 0 aromatic heterocycles. The van der Waals surface area contributed by atoms with Gasteiger partial charge in [0.1, 0.15) is 11.5 Å². The summed E-state index contributed by atoms with van der Waals surface area (Å²) in [5.41, 5.74) is 6.54. The Morgan fingerprint density at radius 1 is 0.704 bits per heavy atom. The van der Waals surface area contributed by atoms with Gasteiger partial charge in [-0.25, -0.2) is 0 Å². The Bertz CT molecular complexity index is 1360. The van der Waals surface area contributed by atoms with Crippen LogP contribution in [0.1, 0.15) is 22.3 Å². The number of hydrogen-bond acceptors (Lipinski definition) is 2. The molecule has 0 aliphatic heterocycles. The highest BCUT2D eigenvalue weighted by Crippen LogP contribution is 2.45. The minimum Gasteiger partial charge on any atom is -0.507 e. The first-order valence-electron chi connectivity index (χ1n) is 9.04. The topological polar surface area (TPSA) is 29.5 Å². The zero-order valence-electron chi connectivity index (χ0n) is 14.8. The van der Waals surface area contributed by atoms with Crippen LogP contribution in [0.4, 0.5) is 0 Å². The average molecular weight is 348 g/mol. The largest absolute Gasteiger partial charge is 0.507 e. The summed E-state index contributed by atoms with van der Waals surface area (Å²) in [5.74, 6) is 1.19. The molecule has 0 saturated heterocycles. The highest BCUT2D eigenvalue weighted by molar-refractivity contribution is 6.12. The van der Waals surface area contributed by atoms with Crippen LogP contribution < -0.4 is 4.74 Å². The van der Waals surface area contributed by atoms with E-state index in [4.69, 9.17) is 4.74 Å². The number of rotatable bonds is 2. The van der Waals surface area contributed by atoms with Crippen LogP contribution in [0.5, 0.6) is 11.5 Å². The molecule has 0 bridgehead atoms. The van der Waals surface area contributed by atoms with Gasteiger partial charge >= 0.3 is 0 Å².